The minimum absolute atomic E-state index is 0.0499. The maximum Gasteiger partial charge on any atom is 0.417 e. The number of furan rings is 1. The topological polar surface area (TPSA) is 70.8 Å². The largest absolute Gasteiger partial charge is 0.481 e. The van der Waals surface area contributed by atoms with E-state index in [9.17, 15) is 22.8 Å². The summed E-state index contributed by atoms with van der Waals surface area (Å²) in [6.07, 6.45) is -3.45. The van der Waals surface area contributed by atoms with Crippen molar-refractivity contribution >= 4 is 57.9 Å². The number of thiocarbonyl (C=S) groups is 1. The minimum atomic E-state index is -4.60. The van der Waals surface area contributed by atoms with Crippen molar-refractivity contribution in [3.8, 4) is 11.3 Å². The lowest BCUT2D eigenvalue weighted by Gasteiger charge is -2.12. The summed E-state index contributed by atoms with van der Waals surface area (Å²) in [4.78, 5) is 24.5. The van der Waals surface area contributed by atoms with Crippen LogP contribution < -0.4 is 0 Å². The lowest BCUT2D eigenvalue weighted by atomic mass is 10.1. The summed E-state index contributed by atoms with van der Waals surface area (Å²) in [7, 11) is 0. The molecule has 0 bridgehead atoms. The van der Waals surface area contributed by atoms with Crippen LogP contribution in [0.1, 0.15) is 17.7 Å². The van der Waals surface area contributed by atoms with Crippen LogP contribution >= 0.6 is 35.6 Å². The lowest BCUT2D eigenvalue weighted by molar-refractivity contribution is -0.138. The van der Waals surface area contributed by atoms with Gasteiger partial charge in [0, 0.05) is 18.2 Å². The quantitative estimate of drug-likeness (QED) is 0.481. The van der Waals surface area contributed by atoms with Gasteiger partial charge in [-0.05, 0) is 30.3 Å². The molecule has 0 atom stereocenters. The van der Waals surface area contributed by atoms with E-state index in [1.54, 1.807) is 0 Å². The zero-order valence-electron chi connectivity index (χ0n) is 14.3. The number of carbonyl (C=O) groups is 2. The van der Waals surface area contributed by atoms with Gasteiger partial charge in [0.1, 0.15) is 15.8 Å². The summed E-state index contributed by atoms with van der Waals surface area (Å²) in [5, 5.41) is 8.33. The summed E-state index contributed by atoms with van der Waals surface area (Å²) >= 11 is 11.7. The molecule has 2 aromatic rings. The van der Waals surface area contributed by atoms with Gasteiger partial charge in [-0.15, -0.1) is 0 Å². The van der Waals surface area contributed by atoms with Crippen molar-refractivity contribution in [2.45, 2.75) is 12.6 Å². The average molecular weight is 462 g/mol. The van der Waals surface area contributed by atoms with Crippen LogP contribution in [0.5, 0.6) is 0 Å². The fraction of sp³-hybridized carbons (Fsp3) is 0.167. The molecular weight excluding hydrogens is 451 g/mol. The van der Waals surface area contributed by atoms with Crippen LogP contribution in [0.4, 0.5) is 13.2 Å². The van der Waals surface area contributed by atoms with E-state index in [0.29, 0.717) is 0 Å². The number of rotatable bonds is 5. The molecule has 0 radical (unpaired) electrons. The van der Waals surface area contributed by atoms with Crippen molar-refractivity contribution in [3.63, 3.8) is 0 Å². The van der Waals surface area contributed by atoms with Gasteiger partial charge in [-0.1, -0.05) is 35.6 Å². The van der Waals surface area contributed by atoms with Gasteiger partial charge in [0.15, 0.2) is 0 Å². The molecule has 1 N–H and O–H groups in total. The Morgan fingerprint density at radius 1 is 1.31 bits per heavy atom. The molecule has 5 nitrogen and oxygen atoms in total. The number of nitrogens with zero attached hydrogens (tertiary/aromatic N) is 1. The van der Waals surface area contributed by atoms with Crippen molar-refractivity contribution < 1.29 is 32.3 Å². The summed E-state index contributed by atoms with van der Waals surface area (Å²) in [6, 6.07) is 6.39. The molecule has 1 aliphatic rings. The Hall–Kier alpha value is -2.30. The molecule has 11 heteroatoms. The van der Waals surface area contributed by atoms with E-state index in [4.69, 9.17) is 33.3 Å². The van der Waals surface area contributed by atoms with E-state index in [2.05, 4.69) is 0 Å². The molecule has 29 heavy (non-hydrogen) atoms. The van der Waals surface area contributed by atoms with Crippen LogP contribution in [0.2, 0.25) is 5.02 Å². The Labute approximate surface area is 177 Å². The van der Waals surface area contributed by atoms with Crippen molar-refractivity contribution in [2.75, 3.05) is 6.54 Å². The zero-order valence-corrected chi connectivity index (χ0v) is 16.7. The van der Waals surface area contributed by atoms with Crippen LogP contribution in [0, 0.1) is 0 Å². The van der Waals surface area contributed by atoms with E-state index in [0.717, 1.165) is 23.9 Å². The number of halogens is 4. The van der Waals surface area contributed by atoms with Crippen molar-refractivity contribution in [1.82, 2.24) is 4.90 Å². The van der Waals surface area contributed by atoms with Gasteiger partial charge < -0.3 is 9.52 Å². The average Bonchev–Trinajstić information content (AvgIpc) is 3.18. The number of aliphatic carboxylic acids is 1. The highest BCUT2D eigenvalue weighted by atomic mass is 35.5. The minimum Gasteiger partial charge on any atom is -0.481 e. The number of carboxylic acid groups (broad SMARTS) is 1. The summed E-state index contributed by atoms with van der Waals surface area (Å²) in [6.45, 7) is -0.0499. The van der Waals surface area contributed by atoms with E-state index in [1.165, 1.54) is 29.2 Å². The van der Waals surface area contributed by atoms with Crippen molar-refractivity contribution in [2.24, 2.45) is 0 Å². The molecule has 152 valence electrons. The number of thioether (sulfide) groups is 1. The first-order valence-corrected chi connectivity index (χ1v) is 9.60. The fourth-order valence-corrected chi connectivity index (χ4v) is 4.02. The summed E-state index contributed by atoms with van der Waals surface area (Å²) < 4.78 is 44.9. The van der Waals surface area contributed by atoms with Crippen LogP contribution in [-0.2, 0) is 15.8 Å². The van der Waals surface area contributed by atoms with Gasteiger partial charge in [0.25, 0.3) is 5.91 Å². The monoisotopic (exact) mass is 461 g/mol. The molecule has 0 spiro atoms. The number of carboxylic acids is 1. The molecule has 0 saturated carbocycles. The zero-order chi connectivity index (χ0) is 21.3. The molecule has 3 rings (SSSR count). The Balaban J connectivity index is 1.83. The van der Waals surface area contributed by atoms with Gasteiger partial charge in [0.2, 0.25) is 0 Å². The van der Waals surface area contributed by atoms with Crippen LogP contribution in [0.25, 0.3) is 17.4 Å². The predicted molar refractivity (Wildman–Crippen MR) is 106 cm³/mol. The highest BCUT2D eigenvalue weighted by Crippen LogP contribution is 2.38. The second-order valence-electron chi connectivity index (χ2n) is 5.87. The smallest absolute Gasteiger partial charge is 0.417 e. The number of alkyl halides is 3. The third kappa shape index (κ3) is 4.82. The standard InChI is InChI=1S/C18H11ClF3NO4S2/c19-12-3-1-9(7-11(12)18(20,21)22)13-4-2-10(27-13)8-14-16(26)23(17(28)29-14)6-5-15(24)25/h1-4,7-8H,5-6H2,(H,24,25)/b14-8+. The van der Waals surface area contributed by atoms with Gasteiger partial charge in [-0.3, -0.25) is 14.5 Å². The first kappa shape index (κ1) is 21.4. The Morgan fingerprint density at radius 3 is 2.69 bits per heavy atom. The Morgan fingerprint density at radius 2 is 2.03 bits per heavy atom. The second-order valence-corrected chi connectivity index (χ2v) is 7.95. The first-order valence-electron chi connectivity index (χ1n) is 8.00. The maximum absolute atomic E-state index is 13.0. The predicted octanol–water partition coefficient (Wildman–Crippen LogP) is 5.29. The van der Waals surface area contributed by atoms with Crippen molar-refractivity contribution in [1.29, 1.82) is 0 Å². The molecular formula is C18H11ClF3NO4S2. The van der Waals surface area contributed by atoms with Crippen LogP contribution in [0.3, 0.4) is 0 Å². The SMILES string of the molecule is O=C(O)CCN1C(=O)/C(=C\c2ccc(-c3ccc(Cl)c(C(F)(F)F)c3)o2)SC1=S. The molecule has 0 unspecified atom stereocenters. The van der Waals surface area contributed by atoms with Crippen LogP contribution in [0.15, 0.2) is 39.7 Å². The van der Waals surface area contributed by atoms with Gasteiger partial charge in [0.05, 0.1) is 21.9 Å². The van der Waals surface area contributed by atoms with Crippen LogP contribution in [-0.4, -0.2) is 32.7 Å². The first-order chi connectivity index (χ1) is 13.6. The highest BCUT2D eigenvalue weighted by Gasteiger charge is 2.34. The normalized spacial score (nSPS) is 16.1. The van der Waals surface area contributed by atoms with E-state index in [1.807, 2.05) is 0 Å². The maximum atomic E-state index is 13.0. The molecule has 2 heterocycles. The van der Waals surface area contributed by atoms with Gasteiger partial charge >= 0.3 is 12.1 Å². The molecule has 1 amide bonds. The summed E-state index contributed by atoms with van der Waals surface area (Å²) in [5.41, 5.74) is -0.802. The Bertz CT molecular complexity index is 1030. The molecule has 1 fully saturated rings. The molecule has 1 aliphatic heterocycles. The van der Waals surface area contributed by atoms with Gasteiger partial charge in [-0.25, -0.2) is 0 Å². The number of hydrogen-bond donors (Lipinski definition) is 1. The Kier molecular flexibility index (Phi) is 6.06. The highest BCUT2D eigenvalue weighted by molar-refractivity contribution is 8.26. The molecule has 1 aromatic heterocycles. The van der Waals surface area contributed by atoms with E-state index >= 15 is 0 Å². The number of amides is 1. The third-order valence-electron chi connectivity index (χ3n) is 3.88. The summed E-state index contributed by atoms with van der Waals surface area (Å²) in [5.74, 6) is -1.10. The number of hydrogen-bond acceptors (Lipinski definition) is 5. The van der Waals surface area contributed by atoms with E-state index in [-0.39, 0.29) is 39.3 Å². The van der Waals surface area contributed by atoms with Gasteiger partial charge in [-0.2, -0.15) is 13.2 Å². The van der Waals surface area contributed by atoms with Crippen molar-refractivity contribution in [3.05, 3.63) is 51.6 Å². The lowest BCUT2D eigenvalue weighted by Crippen LogP contribution is -2.30. The second kappa shape index (κ2) is 8.21. The molecule has 1 saturated heterocycles. The fourth-order valence-electron chi connectivity index (χ4n) is 2.51. The molecule has 1 aromatic carbocycles. The molecule has 0 aliphatic carbocycles. The number of carbonyl (C=O) groups excluding carboxylic acids is 1. The third-order valence-corrected chi connectivity index (χ3v) is 5.59. The van der Waals surface area contributed by atoms with E-state index < -0.39 is 28.6 Å². The number of benzene rings is 1.